The van der Waals surface area contributed by atoms with Gasteiger partial charge >= 0.3 is 0 Å². The van der Waals surface area contributed by atoms with Crippen molar-refractivity contribution in [2.75, 3.05) is 0 Å². The van der Waals surface area contributed by atoms with E-state index in [1.54, 1.807) is 18.3 Å². The number of aryl methyl sites for hydroxylation is 1. The van der Waals surface area contributed by atoms with Crippen molar-refractivity contribution in [1.82, 2.24) is 14.9 Å². The standard InChI is InChI=1S/C12H12BrN3O/c1-16-6-2-3-10(16)8-15-12(17)11-5-4-9(13)7-14-11/h2-7H,8H2,1H3,(H,15,17). The average Bonchev–Trinajstić information content (AvgIpc) is 2.73. The Morgan fingerprint density at radius 1 is 1.47 bits per heavy atom. The number of hydrogen-bond acceptors (Lipinski definition) is 2. The van der Waals surface area contributed by atoms with Crippen LogP contribution in [0.4, 0.5) is 0 Å². The van der Waals surface area contributed by atoms with Crippen LogP contribution in [0.3, 0.4) is 0 Å². The van der Waals surface area contributed by atoms with E-state index in [9.17, 15) is 4.79 Å². The molecule has 2 heterocycles. The van der Waals surface area contributed by atoms with Gasteiger partial charge in [0.25, 0.3) is 5.91 Å². The van der Waals surface area contributed by atoms with Crippen molar-refractivity contribution < 1.29 is 4.79 Å². The van der Waals surface area contributed by atoms with E-state index in [0.717, 1.165) is 10.2 Å². The minimum absolute atomic E-state index is 0.168. The molecule has 88 valence electrons. The average molecular weight is 294 g/mol. The quantitative estimate of drug-likeness (QED) is 0.942. The molecule has 0 aliphatic carbocycles. The lowest BCUT2D eigenvalue weighted by molar-refractivity contribution is 0.0945. The fourth-order valence-corrected chi connectivity index (χ4v) is 1.69. The Hall–Kier alpha value is -1.62. The van der Waals surface area contributed by atoms with E-state index in [1.165, 1.54) is 0 Å². The second-order valence-corrected chi connectivity index (χ2v) is 4.57. The SMILES string of the molecule is Cn1cccc1CNC(=O)c1ccc(Br)cn1. The summed E-state index contributed by atoms with van der Waals surface area (Å²) in [5.74, 6) is -0.168. The first-order chi connectivity index (χ1) is 8.16. The highest BCUT2D eigenvalue weighted by Gasteiger charge is 2.07. The maximum Gasteiger partial charge on any atom is 0.270 e. The molecule has 0 saturated heterocycles. The van der Waals surface area contributed by atoms with Crippen LogP contribution in [0.15, 0.2) is 41.1 Å². The van der Waals surface area contributed by atoms with Crippen LogP contribution in [0.1, 0.15) is 16.2 Å². The maximum atomic E-state index is 11.8. The number of halogens is 1. The van der Waals surface area contributed by atoms with E-state index < -0.39 is 0 Å². The minimum atomic E-state index is -0.168. The summed E-state index contributed by atoms with van der Waals surface area (Å²) < 4.78 is 2.83. The number of amides is 1. The second kappa shape index (κ2) is 5.14. The van der Waals surface area contributed by atoms with Crippen molar-refractivity contribution >= 4 is 21.8 Å². The predicted molar refractivity (Wildman–Crippen MR) is 68.5 cm³/mol. The van der Waals surface area contributed by atoms with Gasteiger partial charge in [0.05, 0.1) is 6.54 Å². The minimum Gasteiger partial charge on any atom is -0.353 e. The third-order valence-electron chi connectivity index (χ3n) is 2.44. The maximum absolute atomic E-state index is 11.8. The molecule has 0 radical (unpaired) electrons. The lowest BCUT2D eigenvalue weighted by atomic mass is 10.3. The predicted octanol–water partition coefficient (Wildman–Crippen LogP) is 2.11. The van der Waals surface area contributed by atoms with Crippen molar-refractivity contribution in [3.63, 3.8) is 0 Å². The molecule has 0 aromatic carbocycles. The highest BCUT2D eigenvalue weighted by atomic mass is 79.9. The summed E-state index contributed by atoms with van der Waals surface area (Å²) in [4.78, 5) is 15.8. The van der Waals surface area contributed by atoms with E-state index in [-0.39, 0.29) is 5.91 Å². The van der Waals surface area contributed by atoms with Gasteiger partial charge in [-0.3, -0.25) is 4.79 Å². The molecule has 0 aliphatic rings. The number of nitrogens with zero attached hydrogens (tertiary/aromatic N) is 2. The summed E-state index contributed by atoms with van der Waals surface area (Å²) >= 11 is 3.28. The lowest BCUT2D eigenvalue weighted by Crippen LogP contribution is -2.24. The van der Waals surface area contributed by atoms with E-state index in [4.69, 9.17) is 0 Å². The first-order valence-electron chi connectivity index (χ1n) is 5.17. The Morgan fingerprint density at radius 3 is 2.88 bits per heavy atom. The molecule has 4 nitrogen and oxygen atoms in total. The fraction of sp³-hybridized carbons (Fsp3) is 0.167. The molecule has 0 bridgehead atoms. The van der Waals surface area contributed by atoms with Crippen LogP contribution < -0.4 is 5.32 Å². The molecule has 5 heteroatoms. The smallest absolute Gasteiger partial charge is 0.270 e. The highest BCUT2D eigenvalue weighted by Crippen LogP contribution is 2.07. The van der Waals surface area contributed by atoms with Gasteiger partial charge in [0.2, 0.25) is 0 Å². The molecule has 0 atom stereocenters. The van der Waals surface area contributed by atoms with Crippen molar-refractivity contribution in [3.05, 3.63) is 52.5 Å². The molecule has 1 amide bonds. The van der Waals surface area contributed by atoms with E-state index in [0.29, 0.717) is 12.2 Å². The summed E-state index contributed by atoms with van der Waals surface area (Å²) in [6.45, 7) is 0.500. The van der Waals surface area contributed by atoms with E-state index in [2.05, 4.69) is 26.2 Å². The number of pyridine rings is 1. The number of aromatic nitrogens is 2. The Labute approximate surface area is 108 Å². The topological polar surface area (TPSA) is 46.9 Å². The van der Waals surface area contributed by atoms with Gasteiger partial charge in [0, 0.05) is 29.6 Å². The van der Waals surface area contributed by atoms with Gasteiger partial charge in [0.1, 0.15) is 5.69 Å². The number of carbonyl (C=O) groups excluding carboxylic acids is 1. The Balaban J connectivity index is 1.98. The number of hydrogen-bond donors (Lipinski definition) is 1. The summed E-state index contributed by atoms with van der Waals surface area (Å²) in [5.41, 5.74) is 1.47. The Morgan fingerprint density at radius 2 is 2.29 bits per heavy atom. The van der Waals surface area contributed by atoms with Crippen molar-refractivity contribution in [1.29, 1.82) is 0 Å². The molecule has 2 aromatic rings. The van der Waals surface area contributed by atoms with Gasteiger partial charge < -0.3 is 9.88 Å². The normalized spacial score (nSPS) is 10.2. The fourth-order valence-electron chi connectivity index (χ4n) is 1.45. The third-order valence-corrected chi connectivity index (χ3v) is 2.91. The molecule has 0 aliphatic heterocycles. The molecule has 0 saturated carbocycles. The summed E-state index contributed by atoms with van der Waals surface area (Å²) in [5, 5.41) is 2.82. The van der Waals surface area contributed by atoms with Gasteiger partial charge in [-0.05, 0) is 40.2 Å². The van der Waals surface area contributed by atoms with Crippen LogP contribution in [0.25, 0.3) is 0 Å². The molecular weight excluding hydrogens is 282 g/mol. The number of nitrogens with one attached hydrogen (secondary N) is 1. The van der Waals surface area contributed by atoms with Gasteiger partial charge in [-0.25, -0.2) is 4.98 Å². The first kappa shape index (κ1) is 11.9. The molecule has 0 unspecified atom stereocenters. The first-order valence-corrected chi connectivity index (χ1v) is 5.96. The number of carbonyl (C=O) groups is 1. The zero-order valence-electron chi connectivity index (χ0n) is 9.35. The highest BCUT2D eigenvalue weighted by molar-refractivity contribution is 9.10. The summed E-state index contributed by atoms with van der Waals surface area (Å²) in [6, 6.07) is 7.39. The molecule has 17 heavy (non-hydrogen) atoms. The molecule has 0 spiro atoms. The van der Waals surface area contributed by atoms with Crippen LogP contribution >= 0.6 is 15.9 Å². The van der Waals surface area contributed by atoms with Gasteiger partial charge in [-0.2, -0.15) is 0 Å². The van der Waals surface area contributed by atoms with Crippen LogP contribution in [-0.2, 0) is 13.6 Å². The lowest BCUT2D eigenvalue weighted by Gasteiger charge is -2.05. The van der Waals surface area contributed by atoms with Gasteiger partial charge in [-0.1, -0.05) is 0 Å². The van der Waals surface area contributed by atoms with Crippen LogP contribution in [0.5, 0.6) is 0 Å². The zero-order valence-corrected chi connectivity index (χ0v) is 10.9. The Bertz CT molecular complexity index is 519. The summed E-state index contributed by atoms with van der Waals surface area (Å²) in [6.07, 6.45) is 3.55. The van der Waals surface area contributed by atoms with Crippen molar-refractivity contribution in [3.8, 4) is 0 Å². The molecule has 2 rings (SSSR count). The van der Waals surface area contributed by atoms with Crippen molar-refractivity contribution in [2.24, 2.45) is 7.05 Å². The van der Waals surface area contributed by atoms with Crippen LogP contribution in [0.2, 0.25) is 0 Å². The third kappa shape index (κ3) is 2.94. The second-order valence-electron chi connectivity index (χ2n) is 3.65. The molecule has 1 N–H and O–H groups in total. The van der Waals surface area contributed by atoms with Gasteiger partial charge in [0.15, 0.2) is 0 Å². The summed E-state index contributed by atoms with van der Waals surface area (Å²) in [7, 11) is 1.94. The molecule has 2 aromatic heterocycles. The Kier molecular flexibility index (Phi) is 3.58. The van der Waals surface area contributed by atoms with Crippen LogP contribution in [0, 0.1) is 0 Å². The number of rotatable bonds is 3. The monoisotopic (exact) mass is 293 g/mol. The van der Waals surface area contributed by atoms with Gasteiger partial charge in [-0.15, -0.1) is 0 Å². The largest absolute Gasteiger partial charge is 0.353 e. The molecule has 0 fully saturated rings. The van der Waals surface area contributed by atoms with E-state index in [1.807, 2.05) is 29.9 Å². The zero-order chi connectivity index (χ0) is 12.3. The van der Waals surface area contributed by atoms with Crippen molar-refractivity contribution in [2.45, 2.75) is 6.54 Å². The van der Waals surface area contributed by atoms with Crippen LogP contribution in [-0.4, -0.2) is 15.5 Å². The van der Waals surface area contributed by atoms with E-state index >= 15 is 0 Å². The molecular formula is C12H12BrN3O.